The molecular weight excluding hydrogens is 349 g/mol. The molecule has 7 nitrogen and oxygen atoms in total. The van der Waals surface area contributed by atoms with Crippen molar-refractivity contribution in [2.24, 2.45) is 5.92 Å². The Morgan fingerprint density at radius 1 is 1.30 bits per heavy atom. The second kappa shape index (κ2) is 6.37. The van der Waals surface area contributed by atoms with E-state index in [0.29, 0.717) is 27.8 Å². The summed E-state index contributed by atoms with van der Waals surface area (Å²) < 4.78 is 17.4. The largest absolute Gasteiger partial charge is 0.369 e. The molecule has 4 rings (SSSR count). The van der Waals surface area contributed by atoms with Crippen molar-refractivity contribution in [2.45, 2.75) is 45.2 Å². The number of rotatable bonds is 4. The number of fused-ring (bicyclic) bond motifs is 1. The summed E-state index contributed by atoms with van der Waals surface area (Å²) >= 11 is 0. The highest BCUT2D eigenvalue weighted by Gasteiger charge is 2.32. The average Bonchev–Trinajstić information content (AvgIpc) is 3.37. The fraction of sp³-hybridized carbons (Fsp3) is 0.579. The number of nitrogens with one attached hydrogen (secondary N) is 1. The molecule has 1 saturated heterocycles. The van der Waals surface area contributed by atoms with Gasteiger partial charge < -0.3 is 16.1 Å². The van der Waals surface area contributed by atoms with Gasteiger partial charge >= 0.3 is 5.69 Å². The van der Waals surface area contributed by atoms with Crippen LogP contribution in [0.4, 0.5) is 10.1 Å². The Morgan fingerprint density at radius 2 is 2.00 bits per heavy atom. The van der Waals surface area contributed by atoms with Crippen LogP contribution in [-0.4, -0.2) is 35.4 Å². The minimum Gasteiger partial charge on any atom is -0.369 e. The lowest BCUT2D eigenvalue weighted by atomic mass is 10.0. The van der Waals surface area contributed by atoms with Gasteiger partial charge in [-0.3, -0.25) is 9.36 Å². The lowest BCUT2D eigenvalue weighted by Crippen LogP contribution is -2.44. The number of benzene rings is 1. The predicted octanol–water partition coefficient (Wildman–Crippen LogP) is 1.09. The first-order chi connectivity index (χ1) is 12.8. The van der Waals surface area contributed by atoms with E-state index >= 15 is 4.39 Å². The van der Waals surface area contributed by atoms with E-state index in [0.717, 1.165) is 32.4 Å². The molecule has 0 radical (unpaired) electrons. The van der Waals surface area contributed by atoms with Crippen molar-refractivity contribution in [3.63, 3.8) is 0 Å². The lowest BCUT2D eigenvalue weighted by molar-refractivity contribution is 0.428. The van der Waals surface area contributed by atoms with Gasteiger partial charge in [0.15, 0.2) is 0 Å². The lowest BCUT2D eigenvalue weighted by Gasteiger charge is -2.24. The molecule has 1 aromatic heterocycles. The van der Waals surface area contributed by atoms with Crippen LogP contribution >= 0.6 is 0 Å². The number of aryl methyl sites for hydroxylation is 1. The Morgan fingerprint density at radius 3 is 2.63 bits per heavy atom. The third-order valence-corrected chi connectivity index (χ3v) is 6.20. The van der Waals surface area contributed by atoms with Crippen LogP contribution in [-0.2, 0) is 0 Å². The van der Waals surface area contributed by atoms with E-state index in [1.165, 1.54) is 0 Å². The normalized spacial score (nSPS) is 21.2. The SMILES string of the molecule is CN[C@@H](C)C1CCN(c2cc3c(c(C)c2F)c(=O)n(N)c(=O)n3C2CC2)C1. The maximum atomic E-state index is 15.2. The van der Waals surface area contributed by atoms with E-state index in [1.54, 1.807) is 17.6 Å². The fourth-order valence-electron chi connectivity index (χ4n) is 4.21. The molecule has 1 unspecified atom stereocenters. The molecule has 8 heteroatoms. The van der Waals surface area contributed by atoms with Crippen LogP contribution in [0.5, 0.6) is 0 Å². The van der Waals surface area contributed by atoms with Crippen molar-refractivity contribution in [3.05, 3.63) is 38.3 Å². The van der Waals surface area contributed by atoms with Gasteiger partial charge in [-0.1, -0.05) is 0 Å². The number of anilines is 1. The molecule has 2 aromatic rings. The van der Waals surface area contributed by atoms with Crippen LogP contribution in [0, 0.1) is 18.7 Å². The molecule has 1 aromatic carbocycles. The first kappa shape index (κ1) is 18.0. The second-order valence-corrected chi connectivity index (χ2v) is 7.86. The molecule has 0 amide bonds. The van der Waals surface area contributed by atoms with E-state index in [9.17, 15) is 9.59 Å². The summed E-state index contributed by atoms with van der Waals surface area (Å²) in [7, 11) is 1.93. The quantitative estimate of drug-likeness (QED) is 0.782. The van der Waals surface area contributed by atoms with Crippen LogP contribution in [0.15, 0.2) is 15.7 Å². The summed E-state index contributed by atoms with van der Waals surface area (Å²) in [4.78, 5) is 27.2. The van der Waals surface area contributed by atoms with Crippen molar-refractivity contribution in [1.29, 1.82) is 0 Å². The van der Waals surface area contributed by atoms with Gasteiger partial charge in [-0.05, 0) is 52.1 Å². The Hall–Kier alpha value is -2.35. The van der Waals surface area contributed by atoms with Gasteiger partial charge in [0, 0.05) is 30.7 Å². The molecule has 1 saturated carbocycles. The number of halogens is 1. The van der Waals surface area contributed by atoms with E-state index in [4.69, 9.17) is 5.84 Å². The topological polar surface area (TPSA) is 85.3 Å². The number of hydrogen-bond acceptors (Lipinski definition) is 5. The highest BCUT2D eigenvalue weighted by molar-refractivity contribution is 5.86. The highest BCUT2D eigenvalue weighted by Crippen LogP contribution is 2.38. The van der Waals surface area contributed by atoms with E-state index in [2.05, 4.69) is 12.2 Å². The molecule has 146 valence electrons. The van der Waals surface area contributed by atoms with E-state index in [1.807, 2.05) is 11.9 Å². The van der Waals surface area contributed by atoms with Crippen molar-refractivity contribution in [3.8, 4) is 0 Å². The smallest absolute Gasteiger partial charge is 0.350 e. The van der Waals surface area contributed by atoms with Crippen LogP contribution in [0.2, 0.25) is 0 Å². The standard InChI is InChI=1S/C19H26FN5O2/c1-10-16-14(24(13-4-5-13)19(27)25(21)18(16)26)8-15(17(10)20)23-7-6-12(9-23)11(2)22-3/h8,11-13,22H,4-7,9,21H2,1-3H3/t11-,12?/m0/s1. The number of aromatic nitrogens is 2. The number of nitrogens with zero attached hydrogens (tertiary/aromatic N) is 3. The monoisotopic (exact) mass is 375 g/mol. The fourth-order valence-corrected chi connectivity index (χ4v) is 4.21. The Bertz CT molecular complexity index is 1020. The van der Waals surface area contributed by atoms with Gasteiger partial charge in [-0.2, -0.15) is 4.68 Å². The van der Waals surface area contributed by atoms with Crippen molar-refractivity contribution < 1.29 is 4.39 Å². The minimum atomic E-state index is -0.641. The summed E-state index contributed by atoms with van der Waals surface area (Å²) in [6.45, 7) is 5.21. The molecule has 0 spiro atoms. The first-order valence-electron chi connectivity index (χ1n) is 9.52. The molecule has 1 aliphatic carbocycles. The summed E-state index contributed by atoms with van der Waals surface area (Å²) in [5.74, 6) is 5.71. The van der Waals surface area contributed by atoms with Crippen molar-refractivity contribution >= 4 is 16.6 Å². The van der Waals surface area contributed by atoms with Gasteiger partial charge in [0.2, 0.25) is 0 Å². The van der Waals surface area contributed by atoms with E-state index < -0.39 is 17.1 Å². The third-order valence-electron chi connectivity index (χ3n) is 6.20. The molecule has 2 atom stereocenters. The molecule has 0 bridgehead atoms. The third kappa shape index (κ3) is 2.74. The zero-order valence-electron chi connectivity index (χ0n) is 16.0. The molecule has 2 fully saturated rings. The van der Waals surface area contributed by atoms with Crippen LogP contribution < -0.4 is 27.3 Å². The van der Waals surface area contributed by atoms with Gasteiger partial charge in [-0.15, -0.1) is 0 Å². The van der Waals surface area contributed by atoms with Gasteiger partial charge in [0.05, 0.1) is 16.6 Å². The average molecular weight is 375 g/mol. The summed E-state index contributed by atoms with van der Waals surface area (Å²) in [6.07, 6.45) is 2.70. The summed E-state index contributed by atoms with van der Waals surface area (Å²) in [5.41, 5.74) is 0.0428. The Kier molecular flexibility index (Phi) is 4.25. The summed E-state index contributed by atoms with van der Waals surface area (Å²) in [6, 6.07) is 2.04. The molecule has 1 aliphatic heterocycles. The minimum absolute atomic E-state index is 0.0313. The summed E-state index contributed by atoms with van der Waals surface area (Å²) in [5, 5.41) is 3.46. The molecular formula is C19H26FN5O2. The number of hydrogen-bond donors (Lipinski definition) is 2. The van der Waals surface area contributed by atoms with Gasteiger partial charge in [0.1, 0.15) is 5.82 Å². The second-order valence-electron chi connectivity index (χ2n) is 7.86. The predicted molar refractivity (Wildman–Crippen MR) is 104 cm³/mol. The molecule has 2 heterocycles. The Labute approximate surface area is 156 Å². The maximum absolute atomic E-state index is 15.2. The molecule has 3 N–H and O–H groups in total. The Balaban J connectivity index is 1.90. The highest BCUT2D eigenvalue weighted by atomic mass is 19.1. The van der Waals surface area contributed by atoms with Crippen molar-refractivity contribution in [2.75, 3.05) is 30.9 Å². The van der Waals surface area contributed by atoms with Crippen LogP contribution in [0.3, 0.4) is 0 Å². The van der Waals surface area contributed by atoms with Gasteiger partial charge in [-0.25, -0.2) is 9.18 Å². The number of nitrogens with two attached hydrogens (primary N) is 1. The maximum Gasteiger partial charge on any atom is 0.350 e. The van der Waals surface area contributed by atoms with Crippen molar-refractivity contribution in [1.82, 2.24) is 14.6 Å². The van der Waals surface area contributed by atoms with Crippen LogP contribution in [0.25, 0.3) is 10.9 Å². The van der Waals surface area contributed by atoms with Crippen LogP contribution in [0.1, 0.15) is 37.8 Å². The molecule has 2 aliphatic rings. The molecule has 27 heavy (non-hydrogen) atoms. The zero-order valence-corrected chi connectivity index (χ0v) is 16.0. The number of nitrogen functional groups attached to an aromatic ring is 1. The first-order valence-corrected chi connectivity index (χ1v) is 9.52. The van der Waals surface area contributed by atoms with E-state index in [-0.39, 0.29) is 17.0 Å². The van der Waals surface area contributed by atoms with Gasteiger partial charge in [0.25, 0.3) is 5.56 Å². The zero-order chi connectivity index (χ0) is 19.5.